The molecule has 0 saturated heterocycles. The summed E-state index contributed by atoms with van der Waals surface area (Å²) in [5.41, 5.74) is 6.37. The van der Waals surface area contributed by atoms with Crippen LogP contribution in [-0.2, 0) is 0 Å². The van der Waals surface area contributed by atoms with Crippen molar-refractivity contribution in [2.75, 3.05) is 53.4 Å². The van der Waals surface area contributed by atoms with Gasteiger partial charge in [0, 0.05) is 32.7 Å². The van der Waals surface area contributed by atoms with Gasteiger partial charge < -0.3 is 19.4 Å². The molecule has 0 amide bonds. The minimum atomic E-state index is 0.692. The maximum atomic E-state index is 5.87. The number of allylic oxidation sites excluding steroid dienone is 1. The van der Waals surface area contributed by atoms with E-state index < -0.39 is 0 Å². The number of nitrogens with zero attached hydrogens (tertiary/aromatic N) is 3. The van der Waals surface area contributed by atoms with Crippen LogP contribution in [0.15, 0.2) is 84.9 Å². The average molecular weight is 668 g/mol. The molecule has 3 aromatic carbocycles. The molecule has 0 aliphatic carbocycles. The summed E-state index contributed by atoms with van der Waals surface area (Å²) in [6.07, 6.45) is 0.968. The molecule has 0 atom stereocenters. The lowest BCUT2D eigenvalue weighted by Gasteiger charge is -2.23. The van der Waals surface area contributed by atoms with Crippen molar-refractivity contribution in [3.05, 3.63) is 102 Å². The van der Waals surface area contributed by atoms with Crippen LogP contribution in [0.5, 0.6) is 5.75 Å². The van der Waals surface area contributed by atoms with Gasteiger partial charge in [0.25, 0.3) is 0 Å². The smallest absolute Gasteiger partial charge is 0.147 e. The lowest BCUT2D eigenvalue weighted by molar-refractivity contribution is 0.261. The second-order valence-corrected chi connectivity index (χ2v) is 13.6. The first-order valence-electron chi connectivity index (χ1n) is 15.4. The van der Waals surface area contributed by atoms with Gasteiger partial charge in [-0.15, -0.1) is 0 Å². The van der Waals surface area contributed by atoms with Gasteiger partial charge in [-0.05, 0) is 110 Å². The van der Waals surface area contributed by atoms with Crippen molar-refractivity contribution in [2.24, 2.45) is 0 Å². The third kappa shape index (κ3) is 12.6. The monoisotopic (exact) mass is 667 g/mol. The van der Waals surface area contributed by atoms with E-state index in [9.17, 15) is 0 Å². The zero-order valence-electron chi connectivity index (χ0n) is 27.4. The van der Waals surface area contributed by atoms with Crippen molar-refractivity contribution in [3.63, 3.8) is 0 Å². The molecule has 0 fully saturated rings. The predicted octanol–water partition coefficient (Wildman–Crippen LogP) is 9.62. The molecule has 4 nitrogen and oxygen atoms in total. The van der Waals surface area contributed by atoms with Crippen LogP contribution in [0.4, 0.5) is 0 Å². The van der Waals surface area contributed by atoms with Crippen LogP contribution < -0.4 is 4.74 Å². The van der Waals surface area contributed by atoms with E-state index in [0.717, 1.165) is 53.5 Å². The van der Waals surface area contributed by atoms with Gasteiger partial charge in [0.05, 0.1) is 0 Å². The summed E-state index contributed by atoms with van der Waals surface area (Å²) in [6.45, 7) is 16.1. The van der Waals surface area contributed by atoms with Crippen molar-refractivity contribution in [1.82, 2.24) is 14.7 Å². The van der Waals surface area contributed by atoms with Gasteiger partial charge in [0.1, 0.15) is 21.0 Å². The second kappa shape index (κ2) is 21.4. The Bertz CT molecular complexity index is 1250. The molecular weight excluding hydrogens is 619 g/mol. The van der Waals surface area contributed by atoms with Gasteiger partial charge in [-0.3, -0.25) is 0 Å². The van der Waals surface area contributed by atoms with Crippen molar-refractivity contribution >= 4 is 65.8 Å². The SMILES string of the molecule is CC/C(=C(\c1ccccc1)c1ccc(OCCN(C)C)cc1)c1ccccc1.CCN(CC)C(=S)SSC(=S)N(CC)CC. The summed E-state index contributed by atoms with van der Waals surface area (Å²) in [7, 11) is 7.29. The standard InChI is InChI=1S/C26H29NO.C10H20N2S4/c1-4-25(21-11-7-5-8-12-21)26(22-13-9-6-10-14-22)23-15-17-24(18-16-23)28-20-19-27(2)3;1-5-11(6-2)9(13)15-16-10(14)12(7-3)8-4/h5-18H,4,19-20H2,1-3H3;5-8H2,1-4H3/b26-25-;. The fraction of sp³-hybridized carbons (Fsp3) is 0.389. The average Bonchev–Trinajstić information content (AvgIpc) is 3.05. The molecule has 0 aromatic heterocycles. The Labute approximate surface area is 285 Å². The van der Waals surface area contributed by atoms with E-state index in [4.69, 9.17) is 29.2 Å². The van der Waals surface area contributed by atoms with Crippen LogP contribution in [0.3, 0.4) is 0 Å². The quantitative estimate of drug-likeness (QED) is 0.107. The third-order valence-corrected chi connectivity index (χ3v) is 10.7. The highest BCUT2D eigenvalue weighted by atomic mass is 33.1. The fourth-order valence-corrected chi connectivity index (χ4v) is 7.55. The number of benzene rings is 3. The Hall–Kier alpha value is -2.36. The van der Waals surface area contributed by atoms with E-state index in [0.29, 0.717) is 6.61 Å². The number of likely N-dealkylation sites (N-methyl/N-ethyl adjacent to an activating group) is 1. The van der Waals surface area contributed by atoms with Gasteiger partial charge >= 0.3 is 0 Å². The first-order chi connectivity index (χ1) is 21.3. The van der Waals surface area contributed by atoms with Crippen molar-refractivity contribution in [3.8, 4) is 5.75 Å². The van der Waals surface area contributed by atoms with E-state index in [1.165, 1.54) is 27.8 Å². The van der Waals surface area contributed by atoms with Crippen molar-refractivity contribution < 1.29 is 4.74 Å². The minimum absolute atomic E-state index is 0.692. The van der Waals surface area contributed by atoms with E-state index >= 15 is 0 Å². The molecule has 238 valence electrons. The number of ether oxygens (including phenoxy) is 1. The molecule has 0 bridgehead atoms. The van der Waals surface area contributed by atoms with Gasteiger partial charge in [0.2, 0.25) is 0 Å². The van der Waals surface area contributed by atoms with Crippen molar-refractivity contribution in [1.29, 1.82) is 0 Å². The lowest BCUT2D eigenvalue weighted by Crippen LogP contribution is -2.28. The van der Waals surface area contributed by atoms with Crippen LogP contribution in [0.2, 0.25) is 0 Å². The maximum Gasteiger partial charge on any atom is 0.147 e. The van der Waals surface area contributed by atoms with Gasteiger partial charge in [-0.25, -0.2) is 0 Å². The summed E-state index contributed by atoms with van der Waals surface area (Å²) >= 11 is 10.7. The van der Waals surface area contributed by atoms with Crippen LogP contribution >= 0.6 is 46.0 Å². The van der Waals surface area contributed by atoms with Crippen LogP contribution in [0, 0.1) is 0 Å². The molecule has 0 radical (unpaired) electrons. The zero-order valence-corrected chi connectivity index (χ0v) is 30.7. The molecule has 8 heteroatoms. The molecule has 0 aliphatic rings. The summed E-state index contributed by atoms with van der Waals surface area (Å²) < 4.78 is 7.71. The molecular formula is C36H49N3OS4. The maximum absolute atomic E-state index is 5.87. The molecule has 0 N–H and O–H groups in total. The topological polar surface area (TPSA) is 19.0 Å². The highest BCUT2D eigenvalue weighted by Crippen LogP contribution is 2.35. The normalized spacial score (nSPS) is 11.3. The van der Waals surface area contributed by atoms with E-state index in [1.54, 1.807) is 21.6 Å². The third-order valence-electron chi connectivity index (χ3n) is 7.02. The first-order valence-corrected chi connectivity index (χ1v) is 18.4. The molecule has 0 unspecified atom stereocenters. The van der Waals surface area contributed by atoms with E-state index in [2.05, 4.69) is 148 Å². The second-order valence-electron chi connectivity index (χ2n) is 10.2. The number of hydrogen-bond acceptors (Lipinski definition) is 6. The van der Waals surface area contributed by atoms with Gasteiger partial charge in [0.15, 0.2) is 0 Å². The molecule has 0 spiro atoms. The minimum Gasteiger partial charge on any atom is -0.492 e. The lowest BCUT2D eigenvalue weighted by atomic mass is 9.88. The number of thiocarbonyl (C=S) groups is 2. The summed E-state index contributed by atoms with van der Waals surface area (Å²) in [5, 5.41) is 0. The highest BCUT2D eigenvalue weighted by molar-refractivity contribution is 8.89. The van der Waals surface area contributed by atoms with E-state index in [-0.39, 0.29) is 0 Å². The van der Waals surface area contributed by atoms with E-state index in [1.807, 2.05) is 0 Å². The van der Waals surface area contributed by atoms with Crippen LogP contribution in [0.25, 0.3) is 11.1 Å². The Morgan fingerprint density at radius 1 is 0.614 bits per heavy atom. The van der Waals surface area contributed by atoms with Gasteiger partial charge in [-0.2, -0.15) is 0 Å². The predicted molar refractivity (Wildman–Crippen MR) is 206 cm³/mol. The Morgan fingerprint density at radius 3 is 1.45 bits per heavy atom. The summed E-state index contributed by atoms with van der Waals surface area (Å²) in [6, 6.07) is 29.8. The molecule has 3 aromatic rings. The number of hydrogen-bond donors (Lipinski definition) is 0. The Kier molecular flexibility index (Phi) is 18.4. The molecule has 0 heterocycles. The molecule has 3 rings (SSSR count). The highest BCUT2D eigenvalue weighted by Gasteiger charge is 2.13. The molecule has 0 saturated carbocycles. The van der Waals surface area contributed by atoms with Crippen molar-refractivity contribution in [2.45, 2.75) is 41.0 Å². The Morgan fingerprint density at radius 2 is 1.05 bits per heavy atom. The van der Waals surface area contributed by atoms with Crippen LogP contribution in [0.1, 0.15) is 57.7 Å². The first kappa shape index (κ1) is 37.8. The number of rotatable bonds is 12. The fourth-order valence-electron chi connectivity index (χ4n) is 4.49. The summed E-state index contributed by atoms with van der Waals surface area (Å²) in [5.74, 6) is 0.913. The zero-order chi connectivity index (χ0) is 32.3. The largest absolute Gasteiger partial charge is 0.492 e. The van der Waals surface area contributed by atoms with Gasteiger partial charge in [-0.1, -0.05) is 104 Å². The molecule has 44 heavy (non-hydrogen) atoms. The molecule has 0 aliphatic heterocycles. The van der Waals surface area contributed by atoms with Crippen LogP contribution in [-0.4, -0.2) is 76.8 Å². The Balaban J connectivity index is 0.000000362. The summed E-state index contributed by atoms with van der Waals surface area (Å²) in [4.78, 5) is 6.45.